The van der Waals surface area contributed by atoms with Crippen LogP contribution in [0.4, 0.5) is 5.69 Å². The molecule has 0 aliphatic carbocycles. The highest BCUT2D eigenvalue weighted by molar-refractivity contribution is 7.93. The third-order valence-corrected chi connectivity index (χ3v) is 8.41. The monoisotopic (exact) mass is 544 g/mol. The molecule has 0 fully saturated rings. The molecule has 0 saturated heterocycles. The van der Waals surface area contributed by atoms with Crippen LogP contribution in [-0.2, 0) is 14.8 Å². The van der Waals surface area contributed by atoms with Gasteiger partial charge in [-0.15, -0.1) is 0 Å². The summed E-state index contributed by atoms with van der Waals surface area (Å²) in [6, 6.07) is 13.2. The van der Waals surface area contributed by atoms with Crippen molar-refractivity contribution in [2.45, 2.75) is 45.6 Å². The van der Waals surface area contributed by atoms with Crippen LogP contribution in [0.5, 0.6) is 11.5 Å². The molecule has 0 aliphatic rings. The molecule has 0 heterocycles. The van der Waals surface area contributed by atoms with Gasteiger partial charge in [-0.25, -0.2) is 8.42 Å². The first-order valence-corrected chi connectivity index (χ1v) is 13.6. The average molecular weight is 545 g/mol. The first-order chi connectivity index (χ1) is 17.4. The summed E-state index contributed by atoms with van der Waals surface area (Å²) >= 11 is 6.33. The number of nitrogens with zero attached hydrogens (tertiary/aromatic N) is 1. The number of methoxy groups -OCH3 is 2. The molecule has 0 saturated carbocycles. The summed E-state index contributed by atoms with van der Waals surface area (Å²) in [6.07, 6.45) is 0. The van der Waals surface area contributed by atoms with Crippen LogP contribution in [0.1, 0.15) is 40.8 Å². The molecule has 3 aromatic carbocycles. The number of carbonyl (C=O) groups is 1. The zero-order valence-electron chi connectivity index (χ0n) is 22.2. The minimum Gasteiger partial charge on any atom is -0.495 e. The minimum atomic E-state index is -4.22. The average Bonchev–Trinajstić information content (AvgIpc) is 2.84. The number of benzene rings is 3. The lowest BCUT2D eigenvalue weighted by atomic mass is 9.96. The van der Waals surface area contributed by atoms with E-state index < -0.39 is 22.5 Å². The van der Waals surface area contributed by atoms with Crippen LogP contribution in [0.15, 0.2) is 53.4 Å². The van der Waals surface area contributed by atoms with Crippen LogP contribution in [-0.4, -0.2) is 35.1 Å². The number of halogens is 1. The number of amides is 1. The maximum Gasteiger partial charge on any atom is 0.268 e. The van der Waals surface area contributed by atoms with Crippen molar-refractivity contribution in [1.82, 2.24) is 5.32 Å². The molecule has 1 atom stereocenters. The summed E-state index contributed by atoms with van der Waals surface area (Å²) < 4.78 is 39.5. The second-order valence-corrected chi connectivity index (χ2v) is 11.3. The number of carbonyl (C=O) groups excluding carboxylic acids is 1. The minimum absolute atomic E-state index is 0.0483. The van der Waals surface area contributed by atoms with Gasteiger partial charge in [0.15, 0.2) is 0 Å². The lowest BCUT2D eigenvalue weighted by Gasteiger charge is -2.26. The van der Waals surface area contributed by atoms with Crippen molar-refractivity contribution in [1.29, 1.82) is 0 Å². The zero-order chi connectivity index (χ0) is 27.5. The molecule has 198 valence electrons. The number of nitrogens with one attached hydrogen (secondary N) is 1. The Kier molecular flexibility index (Phi) is 8.76. The maximum absolute atomic E-state index is 13.9. The molecular formula is C28H33ClN2O5S. The molecule has 3 aromatic rings. The Morgan fingerprint density at radius 2 is 1.54 bits per heavy atom. The summed E-state index contributed by atoms with van der Waals surface area (Å²) in [4.78, 5) is 13.2. The molecule has 9 heteroatoms. The quantitative estimate of drug-likeness (QED) is 0.375. The number of aryl methyl sites for hydroxylation is 4. The van der Waals surface area contributed by atoms with Crippen LogP contribution in [0.2, 0.25) is 5.02 Å². The standard InChI is InChI=1S/C28H33ClN2O5S/c1-17-8-10-26(36-7)27(12-17)37(33,34)31(22-9-11-25(35-6)24(29)15-22)16-28(32)30-21(5)23-14-19(3)18(2)13-20(23)4/h8-15,21H,16H2,1-7H3,(H,30,32)/t21-/m0/s1. The van der Waals surface area contributed by atoms with Crippen LogP contribution < -0.4 is 19.1 Å². The number of ether oxygens (including phenoxy) is 2. The summed E-state index contributed by atoms with van der Waals surface area (Å²) in [5.74, 6) is 0.0983. The lowest BCUT2D eigenvalue weighted by Crippen LogP contribution is -2.41. The van der Waals surface area contributed by atoms with Gasteiger partial charge in [-0.3, -0.25) is 9.10 Å². The molecule has 0 aliphatic heterocycles. The van der Waals surface area contributed by atoms with Gasteiger partial charge in [-0.05, 0) is 92.8 Å². The summed E-state index contributed by atoms with van der Waals surface area (Å²) in [5, 5.41) is 3.17. The second-order valence-electron chi connectivity index (χ2n) is 9.07. The van der Waals surface area contributed by atoms with E-state index in [-0.39, 0.29) is 27.4 Å². The van der Waals surface area contributed by atoms with Gasteiger partial charge in [0.25, 0.3) is 10.0 Å². The number of rotatable bonds is 9. The normalized spacial score (nSPS) is 12.1. The van der Waals surface area contributed by atoms with Crippen molar-refractivity contribution >= 4 is 33.2 Å². The van der Waals surface area contributed by atoms with Gasteiger partial charge in [0.2, 0.25) is 5.91 Å². The number of hydrogen-bond acceptors (Lipinski definition) is 5. The van der Waals surface area contributed by atoms with Crippen LogP contribution in [0, 0.1) is 27.7 Å². The van der Waals surface area contributed by atoms with E-state index in [0.717, 1.165) is 26.6 Å². The molecule has 1 amide bonds. The second kappa shape index (κ2) is 11.4. The van der Waals surface area contributed by atoms with Gasteiger partial charge >= 0.3 is 0 Å². The molecule has 1 N–H and O–H groups in total. The van der Waals surface area contributed by atoms with Gasteiger partial charge in [-0.2, -0.15) is 0 Å². The molecule has 0 spiro atoms. The summed E-state index contributed by atoms with van der Waals surface area (Å²) in [6.45, 7) is 9.25. The molecule has 0 bridgehead atoms. The molecule has 0 radical (unpaired) electrons. The van der Waals surface area contributed by atoms with Gasteiger partial charge in [-0.1, -0.05) is 29.8 Å². The Hall–Kier alpha value is -3.23. The Bertz CT molecular complexity index is 1420. The largest absolute Gasteiger partial charge is 0.495 e. The molecule has 0 aromatic heterocycles. The molecular weight excluding hydrogens is 512 g/mol. The van der Waals surface area contributed by atoms with Crippen LogP contribution in [0.3, 0.4) is 0 Å². The number of anilines is 1. The van der Waals surface area contributed by atoms with Gasteiger partial charge in [0.1, 0.15) is 22.9 Å². The lowest BCUT2D eigenvalue weighted by molar-refractivity contribution is -0.120. The topological polar surface area (TPSA) is 84.9 Å². The van der Waals surface area contributed by atoms with E-state index in [1.54, 1.807) is 31.2 Å². The van der Waals surface area contributed by atoms with Crippen LogP contribution in [0.25, 0.3) is 0 Å². The highest BCUT2D eigenvalue weighted by Crippen LogP contribution is 2.34. The third kappa shape index (κ3) is 6.19. The van der Waals surface area contributed by atoms with E-state index >= 15 is 0 Å². The van der Waals surface area contributed by atoms with Gasteiger partial charge in [0.05, 0.1) is 31.0 Å². The maximum atomic E-state index is 13.9. The fraction of sp³-hybridized carbons (Fsp3) is 0.321. The van der Waals surface area contributed by atoms with Crippen molar-refractivity contribution in [3.63, 3.8) is 0 Å². The van der Waals surface area contributed by atoms with Crippen molar-refractivity contribution < 1.29 is 22.7 Å². The number of sulfonamides is 1. The zero-order valence-corrected chi connectivity index (χ0v) is 23.8. The predicted octanol–water partition coefficient (Wildman–Crippen LogP) is 5.66. The van der Waals surface area contributed by atoms with E-state index in [0.29, 0.717) is 5.75 Å². The molecule has 7 nitrogen and oxygen atoms in total. The van der Waals surface area contributed by atoms with E-state index in [2.05, 4.69) is 11.4 Å². The molecule has 3 rings (SSSR count). The van der Waals surface area contributed by atoms with E-state index in [9.17, 15) is 13.2 Å². The van der Waals surface area contributed by atoms with Crippen LogP contribution >= 0.6 is 11.6 Å². The predicted molar refractivity (Wildman–Crippen MR) is 147 cm³/mol. The Labute approximate surface area is 224 Å². The Balaban J connectivity index is 2.02. The van der Waals surface area contributed by atoms with Crippen molar-refractivity contribution in [2.24, 2.45) is 0 Å². The van der Waals surface area contributed by atoms with Crippen molar-refractivity contribution in [2.75, 3.05) is 25.1 Å². The SMILES string of the molecule is COc1ccc(N(CC(=O)N[C@@H](C)c2cc(C)c(C)cc2C)S(=O)(=O)c2cc(C)ccc2OC)cc1Cl. The van der Waals surface area contributed by atoms with E-state index in [4.69, 9.17) is 21.1 Å². The third-order valence-electron chi connectivity index (χ3n) is 6.32. The van der Waals surface area contributed by atoms with Gasteiger partial charge in [0, 0.05) is 0 Å². The highest BCUT2D eigenvalue weighted by Gasteiger charge is 2.31. The Morgan fingerprint density at radius 1 is 0.919 bits per heavy atom. The summed E-state index contributed by atoms with van der Waals surface area (Å²) in [7, 11) is -1.35. The van der Waals surface area contributed by atoms with Gasteiger partial charge < -0.3 is 14.8 Å². The van der Waals surface area contributed by atoms with E-state index in [1.165, 1.54) is 31.9 Å². The van der Waals surface area contributed by atoms with Crippen molar-refractivity contribution in [3.05, 3.63) is 81.4 Å². The summed E-state index contributed by atoms with van der Waals surface area (Å²) in [5.41, 5.74) is 5.26. The Morgan fingerprint density at radius 3 is 2.16 bits per heavy atom. The molecule has 37 heavy (non-hydrogen) atoms. The fourth-order valence-electron chi connectivity index (χ4n) is 4.17. The van der Waals surface area contributed by atoms with E-state index in [1.807, 2.05) is 33.8 Å². The number of hydrogen-bond donors (Lipinski definition) is 1. The first-order valence-electron chi connectivity index (χ1n) is 11.8. The van der Waals surface area contributed by atoms with Crippen molar-refractivity contribution in [3.8, 4) is 11.5 Å². The molecule has 0 unspecified atom stereocenters. The smallest absolute Gasteiger partial charge is 0.268 e. The fourth-order valence-corrected chi connectivity index (χ4v) is 6.08. The first kappa shape index (κ1) is 28.3. The highest BCUT2D eigenvalue weighted by atomic mass is 35.5.